The maximum atomic E-state index is 13.1. The van der Waals surface area contributed by atoms with Crippen LogP contribution in [0.2, 0.25) is 0 Å². The predicted octanol–water partition coefficient (Wildman–Crippen LogP) is 4.04. The van der Waals surface area contributed by atoms with Crippen molar-refractivity contribution in [2.45, 2.75) is 12.3 Å². The average molecular weight is 279 g/mol. The van der Waals surface area contributed by atoms with E-state index >= 15 is 0 Å². The summed E-state index contributed by atoms with van der Waals surface area (Å²) in [6.07, 6.45) is 0.467. The molecule has 0 saturated heterocycles. The van der Waals surface area contributed by atoms with Crippen LogP contribution in [0.5, 0.6) is 0 Å². The summed E-state index contributed by atoms with van der Waals surface area (Å²) in [5.41, 5.74) is 3.96. The van der Waals surface area contributed by atoms with Gasteiger partial charge in [0.2, 0.25) is 0 Å². The Hall–Kier alpha value is -2.42. The van der Waals surface area contributed by atoms with E-state index in [9.17, 15) is 9.18 Å². The van der Waals surface area contributed by atoms with Gasteiger partial charge < -0.3 is 4.57 Å². The lowest BCUT2D eigenvalue weighted by atomic mass is 9.92. The highest BCUT2D eigenvalue weighted by atomic mass is 19.1. The first kappa shape index (κ1) is 12.3. The fourth-order valence-electron chi connectivity index (χ4n) is 3.48. The number of aromatic nitrogens is 1. The van der Waals surface area contributed by atoms with Crippen molar-refractivity contribution in [2.24, 2.45) is 7.05 Å². The Kier molecular flexibility index (Phi) is 2.52. The van der Waals surface area contributed by atoms with Crippen molar-refractivity contribution >= 4 is 16.7 Å². The van der Waals surface area contributed by atoms with Gasteiger partial charge in [-0.1, -0.05) is 30.3 Å². The molecule has 0 bridgehead atoms. The third kappa shape index (κ3) is 1.67. The number of Topliss-reactive ketones (excluding diaryl/α,β-unsaturated/α-hetero) is 1. The fourth-order valence-corrected chi connectivity index (χ4v) is 3.48. The lowest BCUT2D eigenvalue weighted by Crippen LogP contribution is -2.01. The molecular weight excluding hydrogens is 265 g/mol. The Morgan fingerprint density at radius 2 is 1.81 bits per heavy atom. The standard InChI is InChI=1S/C18H14FNO/c1-20-15-5-3-2-4-13(15)17-14(10-16(21)18(17)20)11-6-8-12(19)9-7-11/h2-9,14H,10H2,1H3/t14-/m1/s1. The van der Waals surface area contributed by atoms with Crippen molar-refractivity contribution < 1.29 is 9.18 Å². The minimum Gasteiger partial charge on any atom is -0.341 e. The number of rotatable bonds is 1. The number of aryl methyl sites for hydroxylation is 1. The molecule has 0 radical (unpaired) electrons. The molecule has 4 rings (SSSR count). The predicted molar refractivity (Wildman–Crippen MR) is 80.1 cm³/mol. The average Bonchev–Trinajstić information content (AvgIpc) is 2.98. The SMILES string of the molecule is Cn1c2c(c3ccccc31)[C@@H](c1ccc(F)cc1)CC2=O. The molecule has 3 heteroatoms. The first-order chi connectivity index (χ1) is 10.2. The van der Waals surface area contributed by atoms with E-state index < -0.39 is 0 Å². The van der Waals surface area contributed by atoms with E-state index in [2.05, 4.69) is 6.07 Å². The number of fused-ring (bicyclic) bond motifs is 3. The van der Waals surface area contributed by atoms with Crippen molar-refractivity contribution in [1.29, 1.82) is 0 Å². The molecule has 2 aromatic carbocycles. The van der Waals surface area contributed by atoms with Gasteiger partial charge in [0.05, 0.1) is 5.69 Å². The second kappa shape index (κ2) is 4.29. The van der Waals surface area contributed by atoms with Gasteiger partial charge in [-0.25, -0.2) is 4.39 Å². The van der Waals surface area contributed by atoms with Crippen molar-refractivity contribution in [3.05, 3.63) is 71.2 Å². The Morgan fingerprint density at radius 1 is 1.10 bits per heavy atom. The molecule has 104 valence electrons. The summed E-state index contributed by atoms with van der Waals surface area (Å²) in [5, 5.41) is 1.12. The second-order valence-electron chi connectivity index (χ2n) is 5.57. The van der Waals surface area contributed by atoms with Crippen LogP contribution in [0.3, 0.4) is 0 Å². The van der Waals surface area contributed by atoms with Crippen LogP contribution in [-0.2, 0) is 7.05 Å². The molecule has 1 atom stereocenters. The van der Waals surface area contributed by atoms with Gasteiger partial charge in [0, 0.05) is 30.3 Å². The third-order valence-electron chi connectivity index (χ3n) is 4.42. The molecule has 3 aromatic rings. The Labute approximate surface area is 121 Å². The molecule has 1 aliphatic carbocycles. The molecule has 0 saturated carbocycles. The summed E-state index contributed by atoms with van der Waals surface area (Å²) in [6, 6.07) is 14.5. The van der Waals surface area contributed by atoms with Crippen molar-refractivity contribution in [3.63, 3.8) is 0 Å². The van der Waals surface area contributed by atoms with Crippen LogP contribution in [0.1, 0.15) is 34.0 Å². The van der Waals surface area contributed by atoms with E-state index in [1.165, 1.54) is 12.1 Å². The van der Waals surface area contributed by atoms with Crippen LogP contribution in [0.25, 0.3) is 10.9 Å². The van der Waals surface area contributed by atoms with Crippen LogP contribution in [0.15, 0.2) is 48.5 Å². The van der Waals surface area contributed by atoms with Gasteiger partial charge in [-0.15, -0.1) is 0 Å². The van der Waals surface area contributed by atoms with Gasteiger partial charge in [-0.2, -0.15) is 0 Å². The number of hydrogen-bond donors (Lipinski definition) is 0. The van der Waals surface area contributed by atoms with Gasteiger partial charge in [0.1, 0.15) is 5.82 Å². The summed E-state index contributed by atoms with van der Waals surface area (Å²) < 4.78 is 15.1. The highest BCUT2D eigenvalue weighted by Gasteiger charge is 2.35. The summed E-state index contributed by atoms with van der Waals surface area (Å²) in [5.74, 6) is -0.0570. The van der Waals surface area contributed by atoms with Crippen molar-refractivity contribution in [2.75, 3.05) is 0 Å². The highest BCUT2D eigenvalue weighted by Crippen LogP contribution is 2.43. The van der Waals surface area contributed by atoms with E-state index in [1.54, 1.807) is 12.1 Å². The molecule has 0 spiro atoms. The van der Waals surface area contributed by atoms with E-state index in [1.807, 2.05) is 29.8 Å². The second-order valence-corrected chi connectivity index (χ2v) is 5.57. The summed E-state index contributed by atoms with van der Waals surface area (Å²) in [4.78, 5) is 12.4. The van der Waals surface area contributed by atoms with Crippen molar-refractivity contribution in [1.82, 2.24) is 4.57 Å². The number of carbonyl (C=O) groups excluding carboxylic acids is 1. The van der Waals surface area contributed by atoms with E-state index in [0.717, 1.165) is 27.7 Å². The highest BCUT2D eigenvalue weighted by molar-refractivity contribution is 6.07. The zero-order chi connectivity index (χ0) is 14.6. The van der Waals surface area contributed by atoms with E-state index in [0.29, 0.717) is 6.42 Å². The summed E-state index contributed by atoms with van der Waals surface area (Å²) in [6.45, 7) is 0. The lowest BCUT2D eigenvalue weighted by Gasteiger charge is -2.10. The quantitative estimate of drug-likeness (QED) is 0.659. The van der Waals surface area contributed by atoms with E-state index in [-0.39, 0.29) is 17.5 Å². The van der Waals surface area contributed by atoms with E-state index in [4.69, 9.17) is 0 Å². The van der Waals surface area contributed by atoms with Crippen LogP contribution < -0.4 is 0 Å². The number of hydrogen-bond acceptors (Lipinski definition) is 1. The maximum Gasteiger partial charge on any atom is 0.180 e. The molecule has 1 aromatic heterocycles. The van der Waals surface area contributed by atoms with Gasteiger partial charge in [-0.3, -0.25) is 4.79 Å². The number of halogens is 1. The number of para-hydroxylation sites is 1. The minimum absolute atomic E-state index is 0.0270. The lowest BCUT2D eigenvalue weighted by molar-refractivity contribution is 0.0984. The van der Waals surface area contributed by atoms with Crippen LogP contribution in [0.4, 0.5) is 4.39 Å². The molecule has 0 aliphatic heterocycles. The Morgan fingerprint density at radius 3 is 2.57 bits per heavy atom. The molecule has 1 heterocycles. The number of carbonyl (C=O) groups is 1. The zero-order valence-corrected chi connectivity index (χ0v) is 11.6. The molecular formula is C18H14FNO. The number of nitrogens with zero attached hydrogens (tertiary/aromatic N) is 1. The van der Waals surface area contributed by atoms with Gasteiger partial charge in [0.25, 0.3) is 0 Å². The smallest absolute Gasteiger partial charge is 0.180 e. The van der Waals surface area contributed by atoms with Gasteiger partial charge in [-0.05, 0) is 29.3 Å². The minimum atomic E-state index is -0.249. The normalized spacial score (nSPS) is 17.4. The molecule has 2 nitrogen and oxygen atoms in total. The molecule has 21 heavy (non-hydrogen) atoms. The van der Waals surface area contributed by atoms with Gasteiger partial charge >= 0.3 is 0 Å². The Balaban J connectivity index is 1.98. The Bertz CT molecular complexity index is 861. The molecule has 0 amide bonds. The first-order valence-corrected chi connectivity index (χ1v) is 7.03. The molecule has 0 unspecified atom stereocenters. The summed E-state index contributed by atoms with van der Waals surface area (Å²) >= 11 is 0. The molecule has 0 N–H and O–H groups in total. The topological polar surface area (TPSA) is 22.0 Å². The maximum absolute atomic E-state index is 13.1. The molecule has 1 aliphatic rings. The number of ketones is 1. The zero-order valence-electron chi connectivity index (χ0n) is 11.6. The van der Waals surface area contributed by atoms with Crippen LogP contribution >= 0.6 is 0 Å². The van der Waals surface area contributed by atoms with Crippen LogP contribution in [0, 0.1) is 5.82 Å². The monoisotopic (exact) mass is 279 g/mol. The third-order valence-corrected chi connectivity index (χ3v) is 4.42. The largest absolute Gasteiger partial charge is 0.341 e. The summed E-state index contributed by atoms with van der Waals surface area (Å²) in [7, 11) is 1.94. The van der Waals surface area contributed by atoms with Crippen molar-refractivity contribution in [3.8, 4) is 0 Å². The van der Waals surface area contributed by atoms with Gasteiger partial charge in [0.15, 0.2) is 5.78 Å². The number of benzene rings is 2. The molecule has 0 fully saturated rings. The van der Waals surface area contributed by atoms with Crippen LogP contribution in [-0.4, -0.2) is 10.4 Å². The fraction of sp³-hybridized carbons (Fsp3) is 0.167. The first-order valence-electron chi connectivity index (χ1n) is 7.03.